The van der Waals surface area contributed by atoms with E-state index in [4.69, 9.17) is 5.73 Å². The second-order valence-electron chi connectivity index (χ2n) is 6.68. The van der Waals surface area contributed by atoms with Crippen LogP contribution in [0, 0.1) is 6.92 Å². The summed E-state index contributed by atoms with van der Waals surface area (Å²) in [5.74, 6) is -0.545. The molecular weight excluding hydrogens is 360 g/mol. The number of nitrogens with zero attached hydrogens (tertiary/aromatic N) is 1. The number of amidine groups is 1. The van der Waals surface area contributed by atoms with Crippen LogP contribution in [-0.2, 0) is 15.1 Å². The maximum Gasteiger partial charge on any atom is 0.314 e. The normalized spacial score (nSPS) is 19.1. The van der Waals surface area contributed by atoms with Crippen LogP contribution in [0.4, 0.5) is 11.4 Å². The molecule has 1 unspecified atom stereocenters. The summed E-state index contributed by atoms with van der Waals surface area (Å²) < 4.78 is 0. The molecule has 0 saturated heterocycles. The molecule has 2 aromatic rings. The van der Waals surface area contributed by atoms with Crippen molar-refractivity contribution in [3.05, 3.63) is 59.7 Å². The highest BCUT2D eigenvalue weighted by Gasteiger charge is 2.29. The van der Waals surface area contributed by atoms with Gasteiger partial charge >= 0.3 is 11.8 Å². The average molecular weight is 382 g/mol. The van der Waals surface area contributed by atoms with Crippen molar-refractivity contribution in [2.45, 2.75) is 25.8 Å². The van der Waals surface area contributed by atoms with Crippen LogP contribution < -0.4 is 16.4 Å². The molecule has 0 spiro atoms. The number of anilines is 2. The Kier molecular flexibility index (Phi) is 5.51. The Morgan fingerprint density at radius 1 is 1.07 bits per heavy atom. The van der Waals surface area contributed by atoms with Gasteiger partial charge in [0.15, 0.2) is 5.17 Å². The van der Waals surface area contributed by atoms with Crippen LogP contribution in [0.25, 0.3) is 0 Å². The minimum Gasteiger partial charge on any atom is -0.379 e. The van der Waals surface area contributed by atoms with Gasteiger partial charge in [0.1, 0.15) is 0 Å². The molecule has 0 saturated carbocycles. The van der Waals surface area contributed by atoms with Gasteiger partial charge in [-0.1, -0.05) is 36.0 Å². The van der Waals surface area contributed by atoms with E-state index in [9.17, 15) is 9.59 Å². The maximum absolute atomic E-state index is 12.2. The number of hydrogen-bond acceptors (Lipinski definition) is 5. The lowest BCUT2D eigenvalue weighted by molar-refractivity contribution is -0.132. The Hall–Kier alpha value is -2.80. The average Bonchev–Trinajstić information content (AvgIpc) is 2.62. The molecule has 0 radical (unpaired) electrons. The molecule has 3 rings (SSSR count). The Bertz CT molecular complexity index is 912. The molecule has 27 heavy (non-hydrogen) atoms. The third-order valence-electron chi connectivity index (χ3n) is 4.42. The van der Waals surface area contributed by atoms with E-state index < -0.39 is 17.4 Å². The van der Waals surface area contributed by atoms with Crippen molar-refractivity contribution in [2.75, 3.05) is 16.4 Å². The number of nitrogens with two attached hydrogens (primary N) is 1. The lowest BCUT2D eigenvalue weighted by Crippen LogP contribution is -2.30. The predicted octanol–water partition coefficient (Wildman–Crippen LogP) is 3.24. The summed E-state index contributed by atoms with van der Waals surface area (Å²) in [6.07, 6.45) is 0.851. The molecule has 1 aliphatic rings. The number of rotatable bonds is 3. The summed E-state index contributed by atoms with van der Waals surface area (Å²) in [5.41, 5.74) is 8.53. The molecule has 0 bridgehead atoms. The summed E-state index contributed by atoms with van der Waals surface area (Å²) in [7, 11) is 0. The van der Waals surface area contributed by atoms with Crippen LogP contribution in [0.1, 0.15) is 24.5 Å². The number of benzene rings is 2. The van der Waals surface area contributed by atoms with Gasteiger partial charge in [-0.15, -0.1) is 0 Å². The summed E-state index contributed by atoms with van der Waals surface area (Å²) in [4.78, 5) is 29.0. The Morgan fingerprint density at radius 2 is 1.70 bits per heavy atom. The van der Waals surface area contributed by atoms with Gasteiger partial charge in [-0.3, -0.25) is 14.6 Å². The van der Waals surface area contributed by atoms with Gasteiger partial charge in [0.05, 0.1) is 5.54 Å². The van der Waals surface area contributed by atoms with E-state index in [1.807, 2.05) is 44.2 Å². The first-order valence-corrected chi connectivity index (χ1v) is 9.62. The van der Waals surface area contributed by atoms with Crippen molar-refractivity contribution < 1.29 is 9.59 Å². The van der Waals surface area contributed by atoms with Crippen LogP contribution >= 0.6 is 11.8 Å². The highest BCUT2D eigenvalue weighted by molar-refractivity contribution is 8.13. The summed E-state index contributed by atoms with van der Waals surface area (Å²) in [6.45, 7) is 3.94. The van der Waals surface area contributed by atoms with Crippen molar-refractivity contribution in [1.82, 2.24) is 0 Å². The molecule has 4 N–H and O–H groups in total. The monoisotopic (exact) mass is 382 g/mol. The van der Waals surface area contributed by atoms with Gasteiger partial charge in [0, 0.05) is 17.1 Å². The highest BCUT2D eigenvalue weighted by Crippen LogP contribution is 2.35. The van der Waals surface area contributed by atoms with Crippen molar-refractivity contribution in [3.63, 3.8) is 0 Å². The topological polar surface area (TPSA) is 96.6 Å². The largest absolute Gasteiger partial charge is 0.379 e. The zero-order valence-corrected chi connectivity index (χ0v) is 16.1. The van der Waals surface area contributed by atoms with Gasteiger partial charge in [0.2, 0.25) is 0 Å². The quantitative estimate of drug-likeness (QED) is 0.710. The molecule has 7 heteroatoms. The molecule has 0 fully saturated rings. The minimum absolute atomic E-state index is 0.431. The molecule has 2 amide bonds. The fourth-order valence-electron chi connectivity index (χ4n) is 2.93. The van der Waals surface area contributed by atoms with Crippen LogP contribution in [0.5, 0.6) is 0 Å². The van der Waals surface area contributed by atoms with Crippen molar-refractivity contribution in [3.8, 4) is 0 Å². The number of aryl methyl sites for hydroxylation is 1. The standard InChI is InChI=1S/C20H22N4O2S/c1-13-5-3-7-15(11-13)22-17(25)18(26)23-16-8-4-6-14(12-16)20(2)9-10-27-19(21)24-20/h3-8,11-12H,9-10H2,1-2H3,(H2,21,24)(H,22,25)(H,23,26). The summed E-state index contributed by atoms with van der Waals surface area (Å²) in [5, 5.41) is 5.82. The van der Waals surface area contributed by atoms with Gasteiger partial charge in [-0.25, -0.2) is 0 Å². The zero-order chi connectivity index (χ0) is 19.4. The minimum atomic E-state index is -0.721. The smallest absolute Gasteiger partial charge is 0.314 e. The lowest BCUT2D eigenvalue weighted by Gasteiger charge is -2.30. The molecule has 6 nitrogen and oxygen atoms in total. The first kappa shape index (κ1) is 19.0. The van der Waals surface area contributed by atoms with E-state index >= 15 is 0 Å². The van der Waals surface area contributed by atoms with Crippen molar-refractivity contribution in [1.29, 1.82) is 0 Å². The van der Waals surface area contributed by atoms with Crippen LogP contribution in [-0.4, -0.2) is 22.7 Å². The summed E-state index contributed by atoms with van der Waals surface area (Å²) in [6, 6.07) is 14.7. The second kappa shape index (κ2) is 7.84. The first-order chi connectivity index (χ1) is 12.9. The Balaban J connectivity index is 1.71. The van der Waals surface area contributed by atoms with E-state index in [0.717, 1.165) is 23.3 Å². The maximum atomic E-state index is 12.2. The fraction of sp³-hybridized carbons (Fsp3) is 0.250. The van der Waals surface area contributed by atoms with Crippen LogP contribution in [0.2, 0.25) is 0 Å². The number of nitrogens with one attached hydrogen (secondary N) is 2. The molecular formula is C20H22N4O2S. The van der Waals surface area contributed by atoms with E-state index in [2.05, 4.69) is 15.6 Å². The van der Waals surface area contributed by atoms with Crippen LogP contribution in [0.3, 0.4) is 0 Å². The number of carbonyl (C=O) groups excluding carboxylic acids is 2. The predicted molar refractivity (Wildman–Crippen MR) is 111 cm³/mol. The van der Waals surface area contributed by atoms with Gasteiger partial charge in [-0.2, -0.15) is 0 Å². The Morgan fingerprint density at radius 3 is 2.33 bits per heavy atom. The van der Waals surface area contributed by atoms with Gasteiger partial charge in [0.25, 0.3) is 0 Å². The lowest BCUT2D eigenvalue weighted by atomic mass is 9.89. The molecule has 1 atom stereocenters. The first-order valence-electron chi connectivity index (χ1n) is 8.63. The molecule has 140 valence electrons. The Labute approximate surface area is 162 Å². The zero-order valence-electron chi connectivity index (χ0n) is 15.3. The highest BCUT2D eigenvalue weighted by atomic mass is 32.2. The van der Waals surface area contributed by atoms with E-state index in [1.165, 1.54) is 0 Å². The summed E-state index contributed by atoms with van der Waals surface area (Å²) >= 11 is 1.54. The third kappa shape index (κ3) is 4.68. The second-order valence-corrected chi connectivity index (χ2v) is 7.80. The number of thioether (sulfide) groups is 1. The molecule has 1 aliphatic heterocycles. The van der Waals surface area contributed by atoms with Gasteiger partial charge < -0.3 is 16.4 Å². The molecule has 0 aliphatic carbocycles. The van der Waals surface area contributed by atoms with Crippen molar-refractivity contribution >= 4 is 40.1 Å². The number of hydrogen-bond donors (Lipinski definition) is 3. The van der Waals surface area contributed by atoms with E-state index in [1.54, 1.807) is 30.0 Å². The van der Waals surface area contributed by atoms with Crippen molar-refractivity contribution in [2.24, 2.45) is 10.7 Å². The molecule has 0 aromatic heterocycles. The number of carbonyl (C=O) groups is 2. The van der Waals surface area contributed by atoms with E-state index in [0.29, 0.717) is 16.5 Å². The third-order valence-corrected chi connectivity index (χ3v) is 5.22. The fourth-order valence-corrected chi connectivity index (χ4v) is 3.90. The van der Waals surface area contributed by atoms with Crippen LogP contribution in [0.15, 0.2) is 53.5 Å². The number of aliphatic imine (C=N–C) groups is 1. The molecule has 1 heterocycles. The van der Waals surface area contributed by atoms with Gasteiger partial charge in [-0.05, 0) is 55.7 Å². The molecule has 2 aromatic carbocycles. The van der Waals surface area contributed by atoms with E-state index in [-0.39, 0.29) is 0 Å². The SMILES string of the molecule is Cc1cccc(NC(=O)C(=O)Nc2cccc(C3(C)CCSC(N)=N3)c2)c1. The number of amides is 2.